The Morgan fingerprint density at radius 1 is 1.12 bits per heavy atom. The summed E-state index contributed by atoms with van der Waals surface area (Å²) in [7, 11) is 1.83. The van der Waals surface area contributed by atoms with Crippen molar-refractivity contribution in [2.45, 2.75) is 55.1 Å². The van der Waals surface area contributed by atoms with Crippen molar-refractivity contribution in [1.82, 2.24) is 9.47 Å². The molecule has 2 N–H and O–H groups in total. The van der Waals surface area contributed by atoms with Crippen LogP contribution in [0.4, 0.5) is 28.9 Å². The molecule has 1 heterocycles. The van der Waals surface area contributed by atoms with E-state index in [1.165, 1.54) is 19.2 Å². The standard InChI is InChI=1S/C29H34F4N4O3S/c1-36(2)19-10-12-25(23(30)16-19)35-24-8-5-9-27-22(24)15-20(37(27)18-29(31,32)33)7-6-14-34-26-13-11-21(41(4,38)39)17-28(26)40-3/h5,8-9,11,13,15,17,19,23,25,34-35H,10,12,14,16,18H2,1-4H3/t19-,23+,25+/m0/s1. The average Bonchev–Trinajstić information content (AvgIpc) is 3.23. The molecule has 2 aromatic carbocycles. The maximum Gasteiger partial charge on any atom is 0.406 e. The van der Waals surface area contributed by atoms with E-state index >= 15 is 4.39 Å². The van der Waals surface area contributed by atoms with Crippen LogP contribution in [0.3, 0.4) is 0 Å². The molecule has 0 spiro atoms. The van der Waals surface area contributed by atoms with Crippen LogP contribution in [0.15, 0.2) is 47.4 Å². The first-order valence-corrected chi connectivity index (χ1v) is 15.0. The van der Waals surface area contributed by atoms with Gasteiger partial charge in [0.1, 0.15) is 18.5 Å². The van der Waals surface area contributed by atoms with Crippen LogP contribution in [0.5, 0.6) is 5.75 Å². The van der Waals surface area contributed by atoms with Gasteiger partial charge in [-0.15, -0.1) is 0 Å². The second-order valence-corrected chi connectivity index (χ2v) is 12.5. The molecule has 3 aromatic rings. The highest BCUT2D eigenvalue weighted by molar-refractivity contribution is 7.90. The molecule has 222 valence electrons. The Kier molecular flexibility index (Phi) is 9.09. The van der Waals surface area contributed by atoms with Gasteiger partial charge in [-0.3, -0.25) is 0 Å². The normalized spacial score (nSPS) is 19.6. The molecule has 1 fully saturated rings. The smallest absolute Gasteiger partial charge is 0.406 e. The van der Waals surface area contributed by atoms with Crippen molar-refractivity contribution < 1.29 is 30.7 Å². The lowest BCUT2D eigenvalue weighted by Crippen LogP contribution is -2.43. The zero-order valence-electron chi connectivity index (χ0n) is 23.3. The quantitative estimate of drug-likeness (QED) is 0.272. The minimum Gasteiger partial charge on any atom is -0.495 e. The van der Waals surface area contributed by atoms with E-state index in [-0.39, 0.29) is 23.2 Å². The second kappa shape index (κ2) is 12.2. The first-order valence-electron chi connectivity index (χ1n) is 13.1. The highest BCUT2D eigenvalue weighted by atomic mass is 32.2. The highest BCUT2D eigenvalue weighted by Gasteiger charge is 2.33. The fourth-order valence-corrected chi connectivity index (χ4v) is 5.75. The fraction of sp³-hybridized carbons (Fsp3) is 0.448. The predicted molar refractivity (Wildman–Crippen MR) is 153 cm³/mol. The summed E-state index contributed by atoms with van der Waals surface area (Å²) in [5, 5.41) is 6.80. The maximum atomic E-state index is 15.0. The van der Waals surface area contributed by atoms with Crippen LogP contribution in [0.2, 0.25) is 0 Å². The first kappa shape index (κ1) is 30.5. The second-order valence-electron chi connectivity index (χ2n) is 10.5. The van der Waals surface area contributed by atoms with Crippen molar-refractivity contribution in [1.29, 1.82) is 0 Å². The van der Waals surface area contributed by atoms with E-state index in [1.807, 2.05) is 19.0 Å². The van der Waals surface area contributed by atoms with Crippen LogP contribution < -0.4 is 15.4 Å². The van der Waals surface area contributed by atoms with E-state index in [2.05, 4.69) is 22.5 Å². The van der Waals surface area contributed by atoms with E-state index in [0.717, 1.165) is 17.2 Å². The topological polar surface area (TPSA) is 75.6 Å². The SMILES string of the molecule is COc1cc(S(C)(=O)=O)ccc1NCC#Cc1cc2c(N[C@@H]3CC[C@H](N(C)C)C[C@H]3F)cccc2n1CC(F)(F)F. The molecule has 12 heteroatoms. The van der Waals surface area contributed by atoms with Gasteiger partial charge in [0, 0.05) is 29.4 Å². The average molecular weight is 595 g/mol. The number of anilines is 2. The summed E-state index contributed by atoms with van der Waals surface area (Å²) in [4.78, 5) is 2.11. The lowest BCUT2D eigenvalue weighted by atomic mass is 9.88. The molecule has 1 aliphatic rings. The highest BCUT2D eigenvalue weighted by Crippen LogP contribution is 2.33. The van der Waals surface area contributed by atoms with Gasteiger partial charge in [-0.25, -0.2) is 12.8 Å². The summed E-state index contributed by atoms with van der Waals surface area (Å²) < 4.78 is 85.7. The lowest BCUT2D eigenvalue weighted by molar-refractivity contribution is -0.140. The molecule has 0 aliphatic heterocycles. The van der Waals surface area contributed by atoms with Gasteiger partial charge >= 0.3 is 6.18 Å². The van der Waals surface area contributed by atoms with Crippen LogP contribution in [-0.4, -0.2) is 76.3 Å². The Morgan fingerprint density at radius 2 is 1.88 bits per heavy atom. The molecular weight excluding hydrogens is 560 g/mol. The van der Waals surface area contributed by atoms with Gasteiger partial charge in [0.15, 0.2) is 9.84 Å². The summed E-state index contributed by atoms with van der Waals surface area (Å²) in [6.45, 7) is -1.16. The third-order valence-electron chi connectivity index (χ3n) is 7.28. The lowest BCUT2D eigenvalue weighted by Gasteiger charge is -2.36. The third-order valence-corrected chi connectivity index (χ3v) is 8.39. The van der Waals surface area contributed by atoms with Crippen molar-refractivity contribution in [3.05, 3.63) is 48.2 Å². The Hall–Kier alpha value is -3.43. The molecule has 0 saturated heterocycles. The number of methoxy groups -OCH3 is 1. The minimum absolute atomic E-state index is 0.0614. The van der Waals surface area contributed by atoms with Gasteiger partial charge in [-0.05, 0) is 69.6 Å². The van der Waals surface area contributed by atoms with Crippen molar-refractivity contribution in [3.8, 4) is 17.6 Å². The van der Waals surface area contributed by atoms with Crippen molar-refractivity contribution in [2.75, 3.05) is 44.6 Å². The maximum absolute atomic E-state index is 15.0. The van der Waals surface area contributed by atoms with Crippen LogP contribution in [-0.2, 0) is 16.4 Å². The Bertz CT molecular complexity index is 1560. The molecule has 41 heavy (non-hydrogen) atoms. The number of benzene rings is 2. The van der Waals surface area contributed by atoms with E-state index in [1.54, 1.807) is 30.3 Å². The molecule has 0 unspecified atom stereocenters. The molecule has 1 saturated carbocycles. The van der Waals surface area contributed by atoms with Crippen molar-refractivity contribution in [2.24, 2.45) is 0 Å². The molecule has 7 nitrogen and oxygen atoms in total. The summed E-state index contributed by atoms with van der Waals surface area (Å²) in [5.41, 5.74) is 1.57. The van der Waals surface area contributed by atoms with Gasteiger partial charge in [-0.2, -0.15) is 13.2 Å². The molecule has 3 atom stereocenters. The molecule has 1 aliphatic carbocycles. The Morgan fingerprint density at radius 3 is 2.51 bits per heavy atom. The van der Waals surface area contributed by atoms with Crippen LogP contribution in [0, 0.1) is 11.8 Å². The summed E-state index contributed by atoms with van der Waals surface area (Å²) in [5.74, 6) is 5.98. The van der Waals surface area contributed by atoms with E-state index in [0.29, 0.717) is 40.9 Å². The summed E-state index contributed by atoms with van der Waals surface area (Å²) >= 11 is 0. The fourth-order valence-electron chi connectivity index (χ4n) is 5.11. The number of hydrogen-bond acceptors (Lipinski definition) is 6. The number of alkyl halides is 4. The van der Waals surface area contributed by atoms with Gasteiger partial charge < -0.3 is 24.8 Å². The number of aromatic nitrogens is 1. The van der Waals surface area contributed by atoms with Gasteiger partial charge in [-0.1, -0.05) is 12.0 Å². The molecule has 4 rings (SSSR count). The number of fused-ring (bicyclic) bond motifs is 1. The van der Waals surface area contributed by atoms with Crippen LogP contribution in [0.25, 0.3) is 10.9 Å². The van der Waals surface area contributed by atoms with E-state index in [4.69, 9.17) is 4.74 Å². The van der Waals surface area contributed by atoms with Crippen LogP contribution >= 0.6 is 0 Å². The van der Waals surface area contributed by atoms with Gasteiger partial charge in [0.25, 0.3) is 0 Å². The molecule has 1 aromatic heterocycles. The predicted octanol–water partition coefficient (Wildman–Crippen LogP) is 5.31. The van der Waals surface area contributed by atoms with Crippen molar-refractivity contribution in [3.63, 3.8) is 0 Å². The van der Waals surface area contributed by atoms with Crippen LogP contribution in [0.1, 0.15) is 25.0 Å². The zero-order chi connectivity index (χ0) is 29.9. The molecule has 0 bridgehead atoms. The molecular formula is C29H34F4N4O3S. The monoisotopic (exact) mass is 594 g/mol. The largest absolute Gasteiger partial charge is 0.495 e. The third kappa shape index (κ3) is 7.45. The number of halogens is 4. The molecule has 0 radical (unpaired) electrons. The minimum atomic E-state index is -4.48. The number of nitrogens with one attached hydrogen (secondary N) is 2. The number of ether oxygens (including phenoxy) is 1. The summed E-state index contributed by atoms with van der Waals surface area (Å²) in [6.07, 6.45) is -2.66. The summed E-state index contributed by atoms with van der Waals surface area (Å²) in [6, 6.07) is 10.7. The first-order chi connectivity index (χ1) is 19.3. The van der Waals surface area contributed by atoms with E-state index in [9.17, 15) is 21.6 Å². The number of rotatable bonds is 8. The number of hydrogen-bond donors (Lipinski definition) is 2. The van der Waals surface area contributed by atoms with E-state index < -0.39 is 34.8 Å². The molecule has 0 amide bonds. The van der Waals surface area contributed by atoms with Gasteiger partial charge in [0.2, 0.25) is 0 Å². The van der Waals surface area contributed by atoms with Crippen molar-refractivity contribution >= 4 is 32.1 Å². The Labute approximate surface area is 237 Å². The van der Waals surface area contributed by atoms with Gasteiger partial charge in [0.05, 0.1) is 41.5 Å². The Balaban J connectivity index is 1.59. The number of sulfone groups is 1. The number of nitrogens with zero attached hydrogens (tertiary/aromatic N) is 2. The zero-order valence-corrected chi connectivity index (χ0v) is 24.2.